The molecule has 6 heteroatoms. The zero-order chi connectivity index (χ0) is 16.5. The molecule has 0 spiro atoms. The first-order valence-electron chi connectivity index (χ1n) is 8.21. The van der Waals surface area contributed by atoms with E-state index in [1.165, 1.54) is 0 Å². The van der Waals surface area contributed by atoms with Gasteiger partial charge in [0.1, 0.15) is 6.61 Å². The molecule has 6 nitrogen and oxygen atoms in total. The minimum Gasteiger partial charge on any atom is -0.445 e. The Hall–Kier alpha value is -1.63. The molecule has 23 heavy (non-hydrogen) atoms. The van der Waals surface area contributed by atoms with Gasteiger partial charge in [0.15, 0.2) is 0 Å². The molecule has 0 bridgehead atoms. The first-order chi connectivity index (χ1) is 11.2. The van der Waals surface area contributed by atoms with Crippen molar-refractivity contribution in [3.8, 4) is 0 Å². The van der Waals surface area contributed by atoms with E-state index in [9.17, 15) is 4.79 Å². The summed E-state index contributed by atoms with van der Waals surface area (Å²) in [5, 5.41) is 12.1. The van der Waals surface area contributed by atoms with Crippen molar-refractivity contribution in [2.75, 3.05) is 32.8 Å². The average Bonchev–Trinajstić information content (AvgIpc) is 2.54. The second-order valence-corrected chi connectivity index (χ2v) is 6.07. The number of amides is 1. The maximum Gasteiger partial charge on any atom is 0.407 e. The van der Waals surface area contributed by atoms with Gasteiger partial charge in [-0.15, -0.1) is 0 Å². The average molecular weight is 321 g/mol. The number of carbonyl (C=O) groups is 1. The zero-order valence-corrected chi connectivity index (χ0v) is 13.5. The summed E-state index contributed by atoms with van der Waals surface area (Å²) in [6.07, 6.45) is 1.22. The molecule has 1 aliphatic rings. The van der Waals surface area contributed by atoms with Crippen LogP contribution in [0.4, 0.5) is 4.79 Å². The number of alkyl carbamates (subject to hydrolysis) is 1. The van der Waals surface area contributed by atoms with Crippen molar-refractivity contribution < 1.29 is 14.6 Å². The van der Waals surface area contributed by atoms with Crippen LogP contribution in [0.1, 0.15) is 18.4 Å². The van der Waals surface area contributed by atoms with E-state index in [2.05, 4.69) is 10.2 Å². The fraction of sp³-hybridized carbons (Fsp3) is 0.588. The van der Waals surface area contributed by atoms with Crippen LogP contribution in [0, 0.1) is 5.92 Å². The Morgan fingerprint density at radius 2 is 2.13 bits per heavy atom. The van der Waals surface area contributed by atoms with E-state index < -0.39 is 6.09 Å². The molecule has 1 heterocycles. The van der Waals surface area contributed by atoms with Crippen molar-refractivity contribution in [3.63, 3.8) is 0 Å². The fourth-order valence-corrected chi connectivity index (χ4v) is 3.10. The van der Waals surface area contributed by atoms with Crippen molar-refractivity contribution in [1.82, 2.24) is 10.2 Å². The fourth-order valence-electron chi connectivity index (χ4n) is 3.10. The van der Waals surface area contributed by atoms with Gasteiger partial charge in [0, 0.05) is 38.8 Å². The normalized spacial score (nSPS) is 21.8. The van der Waals surface area contributed by atoms with Gasteiger partial charge in [0.25, 0.3) is 0 Å². The number of ether oxygens (including phenoxy) is 1. The maximum atomic E-state index is 12.0. The van der Waals surface area contributed by atoms with Crippen LogP contribution in [-0.4, -0.2) is 54.9 Å². The molecule has 0 aliphatic carbocycles. The van der Waals surface area contributed by atoms with Crippen molar-refractivity contribution in [2.45, 2.75) is 25.5 Å². The highest BCUT2D eigenvalue weighted by atomic mass is 16.5. The van der Waals surface area contributed by atoms with E-state index in [4.69, 9.17) is 15.6 Å². The zero-order valence-electron chi connectivity index (χ0n) is 13.5. The molecule has 1 fully saturated rings. The van der Waals surface area contributed by atoms with E-state index >= 15 is 0 Å². The Morgan fingerprint density at radius 1 is 1.35 bits per heavy atom. The van der Waals surface area contributed by atoms with Gasteiger partial charge in [-0.3, -0.25) is 4.90 Å². The van der Waals surface area contributed by atoms with Crippen LogP contribution in [0.3, 0.4) is 0 Å². The number of aliphatic hydroxyl groups excluding tert-OH is 1. The lowest BCUT2D eigenvalue weighted by atomic mass is 9.92. The van der Waals surface area contributed by atoms with Crippen molar-refractivity contribution in [2.24, 2.45) is 11.7 Å². The van der Waals surface area contributed by atoms with Crippen molar-refractivity contribution in [1.29, 1.82) is 0 Å². The lowest BCUT2D eigenvalue weighted by molar-refractivity contribution is 0.103. The molecule has 2 unspecified atom stereocenters. The van der Waals surface area contributed by atoms with Crippen LogP contribution in [-0.2, 0) is 11.3 Å². The summed E-state index contributed by atoms with van der Waals surface area (Å²) in [6.45, 7) is 3.54. The van der Waals surface area contributed by atoms with Gasteiger partial charge in [0.2, 0.25) is 0 Å². The number of rotatable bonds is 7. The molecule has 1 aromatic rings. The number of aliphatic hydroxyl groups is 1. The molecular formula is C17H27N3O3. The number of nitrogens with zero attached hydrogens (tertiary/aromatic N) is 1. The summed E-state index contributed by atoms with van der Waals surface area (Å²) in [5.74, 6) is 0.375. The Labute approximate surface area is 137 Å². The van der Waals surface area contributed by atoms with Gasteiger partial charge in [0.05, 0.1) is 0 Å². The third-order valence-corrected chi connectivity index (χ3v) is 4.13. The highest BCUT2D eigenvalue weighted by Gasteiger charge is 2.27. The highest BCUT2D eigenvalue weighted by Crippen LogP contribution is 2.19. The van der Waals surface area contributed by atoms with Crippen LogP contribution >= 0.6 is 0 Å². The SMILES string of the molecule is NCCN1CC(CCO)CC(NC(=O)OCc2ccccc2)C1. The van der Waals surface area contributed by atoms with Crippen LogP contribution in [0.15, 0.2) is 30.3 Å². The van der Waals surface area contributed by atoms with Gasteiger partial charge in [-0.2, -0.15) is 0 Å². The minimum atomic E-state index is -0.392. The number of likely N-dealkylation sites (tertiary alicyclic amines) is 1. The molecule has 1 amide bonds. The molecule has 0 saturated carbocycles. The molecule has 1 saturated heterocycles. The lowest BCUT2D eigenvalue weighted by Crippen LogP contribution is -2.52. The quantitative estimate of drug-likeness (QED) is 0.696. The van der Waals surface area contributed by atoms with E-state index in [1.807, 2.05) is 30.3 Å². The topological polar surface area (TPSA) is 87.8 Å². The third kappa shape index (κ3) is 6.17. The number of hydrogen-bond acceptors (Lipinski definition) is 5. The largest absolute Gasteiger partial charge is 0.445 e. The van der Waals surface area contributed by atoms with Crippen LogP contribution in [0.25, 0.3) is 0 Å². The maximum absolute atomic E-state index is 12.0. The summed E-state index contributed by atoms with van der Waals surface area (Å²) in [4.78, 5) is 14.2. The van der Waals surface area contributed by atoms with E-state index in [-0.39, 0.29) is 19.3 Å². The molecule has 128 valence electrons. The monoisotopic (exact) mass is 321 g/mol. The van der Waals surface area contributed by atoms with Crippen molar-refractivity contribution in [3.05, 3.63) is 35.9 Å². The van der Waals surface area contributed by atoms with Gasteiger partial charge in [-0.25, -0.2) is 4.79 Å². The third-order valence-electron chi connectivity index (χ3n) is 4.13. The molecule has 1 aromatic carbocycles. The summed E-state index contributed by atoms with van der Waals surface area (Å²) in [7, 11) is 0. The predicted molar refractivity (Wildman–Crippen MR) is 88.9 cm³/mol. The van der Waals surface area contributed by atoms with E-state index in [0.717, 1.165) is 38.0 Å². The number of benzene rings is 1. The van der Waals surface area contributed by atoms with Crippen LogP contribution in [0.2, 0.25) is 0 Å². The summed E-state index contributed by atoms with van der Waals surface area (Å²) >= 11 is 0. The molecule has 2 atom stereocenters. The van der Waals surface area contributed by atoms with E-state index in [1.54, 1.807) is 0 Å². The second-order valence-electron chi connectivity index (χ2n) is 6.07. The molecule has 4 N–H and O–H groups in total. The van der Waals surface area contributed by atoms with Gasteiger partial charge >= 0.3 is 6.09 Å². The van der Waals surface area contributed by atoms with Gasteiger partial charge < -0.3 is 20.9 Å². The Balaban J connectivity index is 1.80. The van der Waals surface area contributed by atoms with Crippen LogP contribution < -0.4 is 11.1 Å². The molecule has 2 rings (SSSR count). The summed E-state index contributed by atoms with van der Waals surface area (Å²) in [6, 6.07) is 9.65. The smallest absolute Gasteiger partial charge is 0.407 e. The summed E-state index contributed by atoms with van der Waals surface area (Å²) in [5.41, 5.74) is 6.60. The molecule has 1 aliphatic heterocycles. The number of nitrogens with one attached hydrogen (secondary N) is 1. The predicted octanol–water partition coefficient (Wildman–Crippen LogP) is 0.944. The first-order valence-corrected chi connectivity index (χ1v) is 8.21. The number of hydrogen-bond donors (Lipinski definition) is 3. The van der Waals surface area contributed by atoms with Gasteiger partial charge in [-0.1, -0.05) is 30.3 Å². The highest BCUT2D eigenvalue weighted by molar-refractivity contribution is 5.67. The Kier molecular flexibility index (Phi) is 7.32. The number of nitrogens with two attached hydrogens (primary N) is 1. The number of piperidine rings is 1. The first kappa shape index (κ1) is 17.7. The van der Waals surface area contributed by atoms with E-state index in [0.29, 0.717) is 12.5 Å². The lowest BCUT2D eigenvalue weighted by Gasteiger charge is -2.37. The van der Waals surface area contributed by atoms with Crippen molar-refractivity contribution >= 4 is 6.09 Å². The van der Waals surface area contributed by atoms with Gasteiger partial charge in [-0.05, 0) is 24.3 Å². The molecule has 0 radical (unpaired) electrons. The Bertz CT molecular complexity index is 455. The standard InChI is InChI=1S/C17H27N3O3/c18-7-8-20-11-15(6-9-21)10-16(12-20)19-17(22)23-13-14-4-2-1-3-5-14/h1-5,15-16,21H,6-13,18H2,(H,19,22). The number of carbonyl (C=O) groups excluding carboxylic acids is 1. The second kappa shape index (κ2) is 9.50. The molecular weight excluding hydrogens is 294 g/mol. The Morgan fingerprint density at radius 3 is 2.83 bits per heavy atom. The summed E-state index contributed by atoms with van der Waals surface area (Å²) < 4.78 is 5.28. The minimum absolute atomic E-state index is 0.0372. The van der Waals surface area contributed by atoms with Crippen LogP contribution in [0.5, 0.6) is 0 Å². The molecule has 0 aromatic heterocycles.